The Bertz CT molecular complexity index is 1480. The van der Waals surface area contributed by atoms with Crippen molar-refractivity contribution in [2.75, 3.05) is 14.2 Å². The molecule has 1 aromatic heterocycles. The molecule has 164 valence electrons. The number of rotatable bonds is 5. The molecule has 3 aromatic carbocycles. The predicted octanol–water partition coefficient (Wildman–Crippen LogP) is 5.48. The number of aryl methyl sites for hydroxylation is 1. The van der Waals surface area contributed by atoms with Crippen LogP contribution in [0, 0.1) is 6.92 Å². The van der Waals surface area contributed by atoms with Gasteiger partial charge in [-0.15, -0.1) is 0 Å². The van der Waals surface area contributed by atoms with E-state index in [0.29, 0.717) is 33.2 Å². The molecular formula is C24H20ClNO5S. The molecule has 0 aliphatic carbocycles. The predicted molar refractivity (Wildman–Crippen MR) is 123 cm³/mol. The van der Waals surface area contributed by atoms with Gasteiger partial charge in [-0.3, -0.25) is 0 Å². The number of benzene rings is 3. The first-order chi connectivity index (χ1) is 15.3. The highest BCUT2D eigenvalue weighted by atomic mass is 35.5. The number of methoxy groups -OCH3 is 2. The summed E-state index contributed by atoms with van der Waals surface area (Å²) in [6.07, 6.45) is 0. The Morgan fingerprint density at radius 2 is 1.62 bits per heavy atom. The summed E-state index contributed by atoms with van der Waals surface area (Å²) in [6.45, 7) is 1.89. The van der Waals surface area contributed by atoms with Crippen LogP contribution in [-0.2, 0) is 9.84 Å². The van der Waals surface area contributed by atoms with E-state index >= 15 is 0 Å². The zero-order chi connectivity index (χ0) is 22.9. The van der Waals surface area contributed by atoms with Crippen molar-refractivity contribution in [2.24, 2.45) is 4.99 Å². The summed E-state index contributed by atoms with van der Waals surface area (Å²) in [6, 6.07) is 18.3. The van der Waals surface area contributed by atoms with E-state index in [1.54, 1.807) is 60.7 Å². The zero-order valence-corrected chi connectivity index (χ0v) is 19.2. The van der Waals surface area contributed by atoms with E-state index in [9.17, 15) is 8.42 Å². The lowest BCUT2D eigenvalue weighted by atomic mass is 10.2. The molecule has 0 saturated heterocycles. The zero-order valence-electron chi connectivity index (χ0n) is 17.6. The molecule has 32 heavy (non-hydrogen) atoms. The van der Waals surface area contributed by atoms with Crippen LogP contribution in [0.4, 0.5) is 5.69 Å². The van der Waals surface area contributed by atoms with E-state index in [1.165, 1.54) is 20.3 Å². The van der Waals surface area contributed by atoms with Crippen molar-refractivity contribution < 1.29 is 22.3 Å². The van der Waals surface area contributed by atoms with Crippen LogP contribution in [0.25, 0.3) is 11.0 Å². The van der Waals surface area contributed by atoms with Crippen LogP contribution in [0.2, 0.25) is 5.02 Å². The standard InChI is InChI=1S/C24H20ClNO5S/c1-15-7-10-18(11-8-15)32(27,28)22-13-16-5-4-6-21(30-3)23(16)31-24(22)26-19-14-17(25)9-12-20(19)29-2/h4-14H,1-3H3. The lowest BCUT2D eigenvalue weighted by molar-refractivity contribution is 0.403. The maximum Gasteiger partial charge on any atom is 0.239 e. The molecule has 0 N–H and O–H groups in total. The Balaban J connectivity index is 2.09. The van der Waals surface area contributed by atoms with E-state index in [2.05, 4.69) is 4.99 Å². The number of ether oxygens (including phenoxy) is 2. The number of halogens is 1. The summed E-state index contributed by atoms with van der Waals surface area (Å²) in [7, 11) is -0.945. The molecule has 0 spiro atoms. The second-order valence-corrected chi connectivity index (χ2v) is 9.39. The van der Waals surface area contributed by atoms with E-state index in [-0.39, 0.29) is 15.3 Å². The quantitative estimate of drug-likeness (QED) is 0.387. The molecule has 4 rings (SSSR count). The van der Waals surface area contributed by atoms with Crippen molar-refractivity contribution in [1.29, 1.82) is 0 Å². The van der Waals surface area contributed by atoms with Crippen LogP contribution < -0.4 is 15.0 Å². The van der Waals surface area contributed by atoms with Gasteiger partial charge in [-0.2, -0.15) is 0 Å². The first-order valence-corrected chi connectivity index (χ1v) is 11.5. The molecule has 0 aliphatic heterocycles. The Labute approximate surface area is 190 Å². The Kier molecular flexibility index (Phi) is 5.95. The summed E-state index contributed by atoms with van der Waals surface area (Å²) in [5.74, 6) is 0.875. The third-order valence-electron chi connectivity index (χ3n) is 4.91. The van der Waals surface area contributed by atoms with Gasteiger partial charge in [0.1, 0.15) is 16.3 Å². The minimum atomic E-state index is -3.95. The smallest absolute Gasteiger partial charge is 0.239 e. The lowest BCUT2D eigenvalue weighted by Crippen LogP contribution is -2.16. The molecule has 0 bridgehead atoms. The van der Waals surface area contributed by atoms with Crippen molar-refractivity contribution in [2.45, 2.75) is 16.7 Å². The van der Waals surface area contributed by atoms with Crippen LogP contribution in [0.5, 0.6) is 11.5 Å². The topological polar surface area (TPSA) is 78.1 Å². The second-order valence-electron chi connectivity index (χ2n) is 7.04. The molecule has 0 atom stereocenters. The average Bonchev–Trinajstić information content (AvgIpc) is 2.78. The average molecular weight is 470 g/mol. The minimum absolute atomic E-state index is 0.0795. The molecule has 0 unspecified atom stereocenters. The van der Waals surface area contributed by atoms with Gasteiger partial charge in [0.2, 0.25) is 15.4 Å². The normalized spacial score (nSPS) is 12.2. The van der Waals surface area contributed by atoms with Gasteiger partial charge < -0.3 is 13.9 Å². The maximum atomic E-state index is 13.6. The molecule has 6 nitrogen and oxygen atoms in total. The monoisotopic (exact) mass is 469 g/mol. The molecule has 0 aliphatic rings. The SMILES string of the molecule is COc1ccc(Cl)cc1N=c1oc2c(OC)cccc2cc1S(=O)(=O)c1ccc(C)cc1. The number of fused-ring (bicyclic) bond motifs is 1. The number of hydrogen-bond donors (Lipinski definition) is 0. The van der Waals surface area contributed by atoms with Gasteiger partial charge >= 0.3 is 0 Å². The number of para-hydroxylation sites is 1. The molecule has 8 heteroatoms. The number of sulfone groups is 1. The molecule has 0 amide bonds. The van der Waals surface area contributed by atoms with E-state index in [0.717, 1.165) is 5.56 Å². The largest absolute Gasteiger partial charge is 0.494 e. The molecule has 0 saturated carbocycles. The first kappa shape index (κ1) is 21.9. The third kappa shape index (κ3) is 4.09. The Morgan fingerprint density at radius 1 is 0.906 bits per heavy atom. The van der Waals surface area contributed by atoms with Gasteiger partial charge in [0.25, 0.3) is 0 Å². The third-order valence-corrected chi connectivity index (χ3v) is 6.91. The van der Waals surface area contributed by atoms with Gasteiger partial charge in [0, 0.05) is 10.4 Å². The second kappa shape index (κ2) is 8.68. The van der Waals surface area contributed by atoms with Gasteiger partial charge in [0.05, 0.1) is 19.1 Å². The fraction of sp³-hybridized carbons (Fsp3) is 0.125. The van der Waals surface area contributed by atoms with E-state index < -0.39 is 9.84 Å². The van der Waals surface area contributed by atoms with Crippen LogP contribution in [0.15, 0.2) is 85.9 Å². The van der Waals surface area contributed by atoms with Crippen molar-refractivity contribution >= 4 is 38.1 Å². The van der Waals surface area contributed by atoms with Gasteiger partial charge in [-0.1, -0.05) is 41.4 Å². The van der Waals surface area contributed by atoms with Crippen molar-refractivity contribution in [1.82, 2.24) is 0 Å². The highest BCUT2D eigenvalue weighted by molar-refractivity contribution is 7.91. The molecule has 0 fully saturated rings. The van der Waals surface area contributed by atoms with Crippen LogP contribution in [-0.4, -0.2) is 22.6 Å². The molecule has 1 heterocycles. The van der Waals surface area contributed by atoms with Crippen LogP contribution in [0.3, 0.4) is 0 Å². The highest BCUT2D eigenvalue weighted by Crippen LogP contribution is 2.32. The Hall–Kier alpha value is -3.29. The fourth-order valence-electron chi connectivity index (χ4n) is 3.24. The van der Waals surface area contributed by atoms with Gasteiger partial charge in [-0.25, -0.2) is 13.4 Å². The van der Waals surface area contributed by atoms with Crippen molar-refractivity contribution in [3.8, 4) is 11.5 Å². The van der Waals surface area contributed by atoms with Crippen LogP contribution in [0.1, 0.15) is 5.56 Å². The summed E-state index contributed by atoms with van der Waals surface area (Å²) in [5.41, 5.74) is 1.55. The minimum Gasteiger partial charge on any atom is -0.494 e. The number of nitrogens with zero attached hydrogens (tertiary/aromatic N) is 1. The first-order valence-electron chi connectivity index (χ1n) is 9.64. The highest BCUT2D eigenvalue weighted by Gasteiger charge is 2.23. The van der Waals surface area contributed by atoms with Gasteiger partial charge in [-0.05, 0) is 49.4 Å². The van der Waals surface area contributed by atoms with Crippen molar-refractivity contribution in [3.05, 3.63) is 82.9 Å². The number of hydrogen-bond acceptors (Lipinski definition) is 6. The summed E-state index contributed by atoms with van der Waals surface area (Å²) >= 11 is 6.14. The van der Waals surface area contributed by atoms with E-state index in [4.69, 9.17) is 25.5 Å². The summed E-state index contributed by atoms with van der Waals surface area (Å²) in [4.78, 5) is 4.55. The lowest BCUT2D eigenvalue weighted by Gasteiger charge is -2.10. The molecule has 0 radical (unpaired) electrons. The summed E-state index contributed by atoms with van der Waals surface area (Å²) < 4.78 is 43.9. The van der Waals surface area contributed by atoms with Gasteiger partial charge in [0.15, 0.2) is 11.3 Å². The molecule has 4 aromatic rings. The fourth-order valence-corrected chi connectivity index (χ4v) is 4.76. The van der Waals surface area contributed by atoms with Crippen molar-refractivity contribution in [3.63, 3.8) is 0 Å². The maximum absolute atomic E-state index is 13.6. The Morgan fingerprint density at radius 3 is 2.31 bits per heavy atom. The summed E-state index contributed by atoms with van der Waals surface area (Å²) in [5, 5.41) is 0.984. The van der Waals surface area contributed by atoms with Crippen LogP contribution >= 0.6 is 11.6 Å². The molecular weight excluding hydrogens is 450 g/mol. The van der Waals surface area contributed by atoms with E-state index in [1.807, 2.05) is 6.92 Å².